The van der Waals surface area contributed by atoms with Crippen molar-refractivity contribution in [2.75, 3.05) is 39.3 Å². The number of piperidine rings is 1. The molecule has 2 rings (SSSR count). The highest BCUT2D eigenvalue weighted by Gasteiger charge is 2.27. The number of hydrogen-bond acceptors (Lipinski definition) is 3. The molecular formula is C12H23N3O. The van der Waals surface area contributed by atoms with Gasteiger partial charge >= 0.3 is 0 Å². The summed E-state index contributed by atoms with van der Waals surface area (Å²) in [6.07, 6.45) is 3.43. The predicted octanol–water partition coefficient (Wildman–Crippen LogP) is 0.293. The lowest BCUT2D eigenvalue weighted by atomic mass is 10.0. The molecule has 0 bridgehead atoms. The second-order valence-electron chi connectivity index (χ2n) is 4.76. The van der Waals surface area contributed by atoms with Gasteiger partial charge in [-0.25, -0.2) is 0 Å². The van der Waals surface area contributed by atoms with Gasteiger partial charge in [-0.15, -0.1) is 0 Å². The van der Waals surface area contributed by atoms with E-state index in [1.165, 1.54) is 12.8 Å². The lowest BCUT2D eigenvalue weighted by Gasteiger charge is -2.36. The summed E-state index contributed by atoms with van der Waals surface area (Å²) in [6.45, 7) is 8.18. The molecule has 0 unspecified atom stereocenters. The standard InChI is InChI=1S/C12H23N3O/c1-2-14-7-9-15(10-8-14)12(16)11-5-3-4-6-13-11/h11,13H,2-10H2,1H3/t11-/m1/s1. The Morgan fingerprint density at radius 2 is 2.00 bits per heavy atom. The van der Waals surface area contributed by atoms with Crippen LogP contribution < -0.4 is 5.32 Å². The maximum Gasteiger partial charge on any atom is 0.239 e. The summed E-state index contributed by atoms with van der Waals surface area (Å²) in [5, 5.41) is 3.34. The van der Waals surface area contributed by atoms with E-state index < -0.39 is 0 Å². The molecule has 0 aromatic heterocycles. The fourth-order valence-electron chi connectivity index (χ4n) is 2.57. The van der Waals surface area contributed by atoms with Crippen molar-refractivity contribution in [3.05, 3.63) is 0 Å². The average molecular weight is 225 g/mol. The van der Waals surface area contributed by atoms with Crippen molar-refractivity contribution in [1.82, 2.24) is 15.1 Å². The summed E-state index contributed by atoms with van der Waals surface area (Å²) in [7, 11) is 0. The summed E-state index contributed by atoms with van der Waals surface area (Å²) >= 11 is 0. The van der Waals surface area contributed by atoms with Crippen LogP contribution in [0, 0.1) is 0 Å². The number of likely N-dealkylation sites (N-methyl/N-ethyl adjacent to an activating group) is 1. The molecule has 2 fully saturated rings. The number of nitrogens with zero attached hydrogens (tertiary/aromatic N) is 2. The van der Waals surface area contributed by atoms with E-state index in [2.05, 4.69) is 17.1 Å². The number of hydrogen-bond donors (Lipinski definition) is 1. The minimum Gasteiger partial charge on any atom is -0.339 e. The highest BCUT2D eigenvalue weighted by molar-refractivity contribution is 5.82. The second kappa shape index (κ2) is 5.64. The first-order valence-corrected chi connectivity index (χ1v) is 6.56. The Bertz CT molecular complexity index is 230. The van der Waals surface area contributed by atoms with E-state index in [1.54, 1.807) is 0 Å². The Kier molecular flexibility index (Phi) is 4.18. The molecule has 4 nitrogen and oxygen atoms in total. The molecule has 16 heavy (non-hydrogen) atoms. The number of nitrogens with one attached hydrogen (secondary N) is 1. The smallest absolute Gasteiger partial charge is 0.239 e. The molecule has 1 N–H and O–H groups in total. The summed E-state index contributed by atoms with van der Waals surface area (Å²) < 4.78 is 0. The van der Waals surface area contributed by atoms with Crippen molar-refractivity contribution in [3.8, 4) is 0 Å². The maximum atomic E-state index is 12.2. The molecule has 2 heterocycles. The third-order valence-electron chi connectivity index (χ3n) is 3.74. The minimum atomic E-state index is 0.0990. The lowest BCUT2D eigenvalue weighted by Crippen LogP contribution is -2.54. The fraction of sp³-hybridized carbons (Fsp3) is 0.917. The average Bonchev–Trinajstić information content (AvgIpc) is 2.39. The lowest BCUT2D eigenvalue weighted by molar-refractivity contribution is -0.135. The van der Waals surface area contributed by atoms with Gasteiger partial charge in [0.25, 0.3) is 0 Å². The SMILES string of the molecule is CCN1CCN(C(=O)[C@H]2CCCCN2)CC1. The third kappa shape index (κ3) is 2.74. The van der Waals surface area contributed by atoms with Crippen LogP contribution in [-0.4, -0.2) is 61.0 Å². The molecule has 0 saturated carbocycles. The van der Waals surface area contributed by atoms with Crippen molar-refractivity contribution in [2.24, 2.45) is 0 Å². The van der Waals surface area contributed by atoms with Gasteiger partial charge in [0.15, 0.2) is 0 Å². The zero-order valence-electron chi connectivity index (χ0n) is 10.2. The van der Waals surface area contributed by atoms with Gasteiger partial charge < -0.3 is 15.1 Å². The molecular weight excluding hydrogens is 202 g/mol. The van der Waals surface area contributed by atoms with Crippen LogP contribution in [0.3, 0.4) is 0 Å². The number of rotatable bonds is 2. The molecule has 2 saturated heterocycles. The van der Waals surface area contributed by atoms with Crippen molar-refractivity contribution in [2.45, 2.75) is 32.2 Å². The Labute approximate surface area is 98.0 Å². The van der Waals surface area contributed by atoms with Crippen molar-refractivity contribution < 1.29 is 4.79 Å². The number of carbonyl (C=O) groups excluding carboxylic acids is 1. The van der Waals surface area contributed by atoms with Gasteiger partial charge in [-0.05, 0) is 25.9 Å². The first kappa shape index (κ1) is 11.9. The molecule has 2 aliphatic heterocycles. The van der Waals surface area contributed by atoms with Crippen LogP contribution in [0.25, 0.3) is 0 Å². The van der Waals surface area contributed by atoms with Gasteiger partial charge in [0.2, 0.25) is 5.91 Å². The zero-order valence-corrected chi connectivity index (χ0v) is 10.2. The van der Waals surface area contributed by atoms with Gasteiger partial charge in [-0.3, -0.25) is 4.79 Å². The van der Waals surface area contributed by atoms with Crippen molar-refractivity contribution in [3.63, 3.8) is 0 Å². The van der Waals surface area contributed by atoms with E-state index in [0.717, 1.165) is 45.7 Å². The summed E-state index contributed by atoms with van der Waals surface area (Å²) in [5.41, 5.74) is 0. The van der Waals surface area contributed by atoms with E-state index in [0.29, 0.717) is 5.91 Å². The topological polar surface area (TPSA) is 35.6 Å². The molecule has 0 spiro atoms. The monoisotopic (exact) mass is 225 g/mol. The Morgan fingerprint density at radius 1 is 1.25 bits per heavy atom. The molecule has 4 heteroatoms. The van der Waals surface area contributed by atoms with E-state index in [1.807, 2.05) is 4.90 Å². The normalized spacial score (nSPS) is 28.1. The summed E-state index contributed by atoms with van der Waals surface area (Å²) in [6, 6.07) is 0.0990. The van der Waals surface area contributed by atoms with Gasteiger partial charge in [0.1, 0.15) is 0 Å². The number of carbonyl (C=O) groups is 1. The number of piperazine rings is 1. The fourth-order valence-corrected chi connectivity index (χ4v) is 2.57. The van der Waals surface area contributed by atoms with Gasteiger partial charge in [0.05, 0.1) is 6.04 Å². The Morgan fingerprint density at radius 3 is 2.56 bits per heavy atom. The van der Waals surface area contributed by atoms with Gasteiger partial charge in [-0.1, -0.05) is 13.3 Å². The maximum absolute atomic E-state index is 12.2. The molecule has 0 aliphatic carbocycles. The van der Waals surface area contributed by atoms with E-state index in [9.17, 15) is 4.79 Å². The third-order valence-corrected chi connectivity index (χ3v) is 3.74. The largest absolute Gasteiger partial charge is 0.339 e. The number of amides is 1. The summed E-state index contributed by atoms with van der Waals surface area (Å²) in [4.78, 5) is 16.6. The Balaban J connectivity index is 1.81. The van der Waals surface area contributed by atoms with Gasteiger partial charge in [0, 0.05) is 26.2 Å². The zero-order chi connectivity index (χ0) is 11.4. The highest BCUT2D eigenvalue weighted by Crippen LogP contribution is 2.11. The molecule has 1 atom stereocenters. The molecule has 0 radical (unpaired) electrons. The van der Waals surface area contributed by atoms with Crippen LogP contribution >= 0.6 is 0 Å². The Hall–Kier alpha value is -0.610. The van der Waals surface area contributed by atoms with Gasteiger partial charge in [-0.2, -0.15) is 0 Å². The van der Waals surface area contributed by atoms with Crippen LogP contribution in [0.4, 0.5) is 0 Å². The first-order chi connectivity index (χ1) is 7.81. The molecule has 1 amide bonds. The molecule has 0 aromatic rings. The van der Waals surface area contributed by atoms with Crippen LogP contribution in [0.15, 0.2) is 0 Å². The second-order valence-corrected chi connectivity index (χ2v) is 4.76. The minimum absolute atomic E-state index is 0.0990. The van der Waals surface area contributed by atoms with Crippen molar-refractivity contribution >= 4 is 5.91 Å². The van der Waals surface area contributed by atoms with Crippen LogP contribution in [-0.2, 0) is 4.79 Å². The molecule has 0 aromatic carbocycles. The van der Waals surface area contributed by atoms with Crippen LogP contribution in [0.1, 0.15) is 26.2 Å². The van der Waals surface area contributed by atoms with Crippen molar-refractivity contribution in [1.29, 1.82) is 0 Å². The van der Waals surface area contributed by atoms with E-state index in [-0.39, 0.29) is 6.04 Å². The quantitative estimate of drug-likeness (QED) is 0.734. The van der Waals surface area contributed by atoms with Crippen LogP contribution in [0.2, 0.25) is 0 Å². The molecule has 92 valence electrons. The summed E-state index contributed by atoms with van der Waals surface area (Å²) in [5.74, 6) is 0.329. The van der Waals surface area contributed by atoms with E-state index >= 15 is 0 Å². The first-order valence-electron chi connectivity index (χ1n) is 6.56. The van der Waals surface area contributed by atoms with E-state index in [4.69, 9.17) is 0 Å². The van der Waals surface area contributed by atoms with Crippen LogP contribution in [0.5, 0.6) is 0 Å². The molecule has 2 aliphatic rings. The highest BCUT2D eigenvalue weighted by atomic mass is 16.2. The predicted molar refractivity (Wildman–Crippen MR) is 64.3 cm³/mol.